The summed E-state index contributed by atoms with van der Waals surface area (Å²) in [6, 6.07) is 2.00. The molecule has 2 aliphatic heterocycles. The molecule has 1 atom stereocenters. The number of halogens is 1. The third-order valence-electron chi connectivity index (χ3n) is 3.91. The molecule has 0 aliphatic carbocycles. The predicted octanol–water partition coefficient (Wildman–Crippen LogP) is 2.59. The van der Waals surface area contributed by atoms with Gasteiger partial charge < -0.3 is 5.32 Å². The van der Waals surface area contributed by atoms with E-state index in [4.69, 9.17) is 11.6 Å². The Bertz CT molecular complexity index is 371. The lowest BCUT2D eigenvalue weighted by atomic mass is 9.87. The highest BCUT2D eigenvalue weighted by Crippen LogP contribution is 2.37. The number of thiophene rings is 1. The van der Waals surface area contributed by atoms with Crippen LogP contribution in [0.3, 0.4) is 0 Å². The van der Waals surface area contributed by atoms with E-state index in [1.54, 1.807) is 11.3 Å². The van der Waals surface area contributed by atoms with Crippen LogP contribution in [-0.2, 0) is 6.54 Å². The minimum Gasteiger partial charge on any atom is -0.316 e. The van der Waals surface area contributed by atoms with Gasteiger partial charge in [0.25, 0.3) is 0 Å². The molecule has 2 fully saturated rings. The first-order valence-electron chi connectivity index (χ1n) is 5.92. The van der Waals surface area contributed by atoms with Gasteiger partial charge in [0, 0.05) is 24.5 Å². The zero-order chi connectivity index (χ0) is 11.0. The number of likely N-dealkylation sites (tertiary alicyclic amines) is 1. The Labute approximate surface area is 106 Å². The number of nitrogens with one attached hydrogen (secondary N) is 1. The molecule has 0 saturated carbocycles. The number of nitrogens with zero attached hydrogens (tertiary/aromatic N) is 1. The van der Waals surface area contributed by atoms with Gasteiger partial charge in [0.05, 0.1) is 5.02 Å². The highest BCUT2D eigenvalue weighted by molar-refractivity contribution is 7.10. The summed E-state index contributed by atoms with van der Waals surface area (Å²) in [5, 5.41) is 6.52. The molecule has 88 valence electrons. The first-order chi connectivity index (χ1) is 7.77. The molecule has 1 aromatic heterocycles. The zero-order valence-corrected chi connectivity index (χ0v) is 10.9. The van der Waals surface area contributed by atoms with E-state index in [-0.39, 0.29) is 0 Å². The summed E-state index contributed by atoms with van der Waals surface area (Å²) in [6.45, 7) is 5.93. The van der Waals surface area contributed by atoms with Crippen LogP contribution in [0.15, 0.2) is 11.4 Å². The second-order valence-corrected chi connectivity index (χ2v) is 6.49. The van der Waals surface area contributed by atoms with Crippen molar-refractivity contribution in [1.29, 1.82) is 0 Å². The van der Waals surface area contributed by atoms with Gasteiger partial charge in [-0.3, -0.25) is 4.90 Å². The van der Waals surface area contributed by atoms with Crippen LogP contribution >= 0.6 is 22.9 Å². The van der Waals surface area contributed by atoms with Crippen LogP contribution in [0.1, 0.15) is 17.7 Å². The van der Waals surface area contributed by atoms with Crippen LogP contribution in [0.4, 0.5) is 0 Å². The fourth-order valence-electron chi connectivity index (χ4n) is 2.95. The second kappa shape index (κ2) is 4.30. The molecule has 0 aromatic carbocycles. The number of hydrogen-bond acceptors (Lipinski definition) is 3. The van der Waals surface area contributed by atoms with Gasteiger partial charge in [-0.1, -0.05) is 11.6 Å². The molecular formula is C12H17ClN2S. The highest BCUT2D eigenvalue weighted by Gasteiger charge is 2.40. The van der Waals surface area contributed by atoms with Crippen LogP contribution in [0.25, 0.3) is 0 Å². The van der Waals surface area contributed by atoms with Gasteiger partial charge in [0.1, 0.15) is 0 Å². The lowest BCUT2D eigenvalue weighted by Gasteiger charge is -2.22. The summed E-state index contributed by atoms with van der Waals surface area (Å²) >= 11 is 7.92. The highest BCUT2D eigenvalue weighted by atomic mass is 35.5. The molecule has 1 unspecified atom stereocenters. The van der Waals surface area contributed by atoms with E-state index < -0.39 is 0 Å². The van der Waals surface area contributed by atoms with E-state index in [0.29, 0.717) is 5.41 Å². The standard InChI is InChI=1S/C12H17ClN2S/c13-10-1-6-16-11(10)7-15-5-3-12(9-15)2-4-14-8-12/h1,6,14H,2-5,7-9H2. The van der Waals surface area contributed by atoms with Crippen molar-refractivity contribution in [2.24, 2.45) is 5.41 Å². The van der Waals surface area contributed by atoms with Gasteiger partial charge in [-0.2, -0.15) is 0 Å². The van der Waals surface area contributed by atoms with Crippen molar-refractivity contribution in [2.75, 3.05) is 26.2 Å². The molecule has 2 saturated heterocycles. The van der Waals surface area contributed by atoms with Crippen molar-refractivity contribution in [3.05, 3.63) is 21.3 Å². The monoisotopic (exact) mass is 256 g/mol. The fraction of sp³-hybridized carbons (Fsp3) is 0.667. The van der Waals surface area contributed by atoms with Crippen molar-refractivity contribution in [1.82, 2.24) is 10.2 Å². The second-order valence-electron chi connectivity index (χ2n) is 5.08. The zero-order valence-electron chi connectivity index (χ0n) is 9.34. The first-order valence-corrected chi connectivity index (χ1v) is 7.18. The molecular weight excluding hydrogens is 240 g/mol. The Kier molecular flexibility index (Phi) is 2.96. The van der Waals surface area contributed by atoms with Gasteiger partial charge >= 0.3 is 0 Å². The maximum atomic E-state index is 6.14. The fourth-order valence-corrected chi connectivity index (χ4v) is 4.08. The van der Waals surface area contributed by atoms with Gasteiger partial charge in [-0.05, 0) is 42.8 Å². The Balaban J connectivity index is 1.64. The van der Waals surface area contributed by atoms with Crippen LogP contribution in [0.2, 0.25) is 5.02 Å². The molecule has 3 heterocycles. The summed E-state index contributed by atoms with van der Waals surface area (Å²) in [6.07, 6.45) is 2.70. The molecule has 1 spiro atoms. The average Bonchev–Trinajstić information content (AvgIpc) is 2.96. The molecule has 0 amide bonds. The molecule has 0 radical (unpaired) electrons. The third-order valence-corrected chi connectivity index (χ3v) is 5.28. The Morgan fingerprint density at radius 2 is 2.44 bits per heavy atom. The Hall–Kier alpha value is -0.0900. The van der Waals surface area contributed by atoms with Crippen molar-refractivity contribution >= 4 is 22.9 Å². The molecule has 4 heteroatoms. The maximum Gasteiger partial charge on any atom is 0.0558 e. The molecule has 1 N–H and O–H groups in total. The molecule has 16 heavy (non-hydrogen) atoms. The normalized spacial score (nSPS) is 30.6. The van der Waals surface area contributed by atoms with Crippen LogP contribution in [-0.4, -0.2) is 31.1 Å². The van der Waals surface area contributed by atoms with E-state index in [1.165, 1.54) is 43.9 Å². The summed E-state index contributed by atoms with van der Waals surface area (Å²) < 4.78 is 0. The predicted molar refractivity (Wildman–Crippen MR) is 69.1 cm³/mol. The van der Waals surface area contributed by atoms with E-state index >= 15 is 0 Å². The topological polar surface area (TPSA) is 15.3 Å². The lowest BCUT2D eigenvalue weighted by molar-refractivity contribution is 0.270. The van der Waals surface area contributed by atoms with Crippen molar-refractivity contribution in [2.45, 2.75) is 19.4 Å². The van der Waals surface area contributed by atoms with Crippen molar-refractivity contribution < 1.29 is 0 Å². The summed E-state index contributed by atoms with van der Waals surface area (Å²) in [7, 11) is 0. The minimum atomic E-state index is 0.573. The SMILES string of the molecule is Clc1ccsc1CN1CCC2(CCNC2)C1. The summed E-state index contributed by atoms with van der Waals surface area (Å²) in [5.41, 5.74) is 0.573. The van der Waals surface area contributed by atoms with Crippen molar-refractivity contribution in [3.63, 3.8) is 0 Å². The van der Waals surface area contributed by atoms with Gasteiger partial charge in [0.2, 0.25) is 0 Å². The quantitative estimate of drug-likeness (QED) is 0.875. The summed E-state index contributed by atoms with van der Waals surface area (Å²) in [4.78, 5) is 3.88. The van der Waals surface area contributed by atoms with Crippen molar-refractivity contribution in [3.8, 4) is 0 Å². The van der Waals surface area contributed by atoms with Crippen LogP contribution in [0.5, 0.6) is 0 Å². The van der Waals surface area contributed by atoms with Gasteiger partial charge in [-0.25, -0.2) is 0 Å². The Morgan fingerprint density at radius 3 is 3.12 bits per heavy atom. The minimum absolute atomic E-state index is 0.573. The maximum absolute atomic E-state index is 6.14. The first kappa shape index (κ1) is 11.0. The lowest BCUT2D eigenvalue weighted by Crippen LogP contribution is -2.28. The van der Waals surface area contributed by atoms with Gasteiger partial charge in [-0.15, -0.1) is 11.3 Å². The molecule has 1 aromatic rings. The van der Waals surface area contributed by atoms with Crippen LogP contribution in [0, 0.1) is 5.41 Å². The van der Waals surface area contributed by atoms with Crippen LogP contribution < -0.4 is 5.32 Å². The van der Waals surface area contributed by atoms with Gasteiger partial charge in [0.15, 0.2) is 0 Å². The molecule has 3 rings (SSSR count). The molecule has 0 bridgehead atoms. The average molecular weight is 257 g/mol. The third kappa shape index (κ3) is 2.02. The molecule has 2 nitrogen and oxygen atoms in total. The largest absolute Gasteiger partial charge is 0.316 e. The van der Waals surface area contributed by atoms with E-state index in [0.717, 1.165) is 11.6 Å². The van der Waals surface area contributed by atoms with E-state index in [1.807, 2.05) is 6.07 Å². The number of rotatable bonds is 2. The number of hydrogen-bond donors (Lipinski definition) is 1. The van der Waals surface area contributed by atoms with E-state index in [2.05, 4.69) is 15.6 Å². The smallest absolute Gasteiger partial charge is 0.0558 e. The molecule has 2 aliphatic rings. The summed E-state index contributed by atoms with van der Waals surface area (Å²) in [5.74, 6) is 0. The Morgan fingerprint density at radius 1 is 1.50 bits per heavy atom. The van der Waals surface area contributed by atoms with E-state index in [9.17, 15) is 0 Å².